The van der Waals surface area contributed by atoms with Gasteiger partial charge >= 0.3 is 5.97 Å². The molecule has 2 rings (SSSR count). The SMILES string of the molecule is CC(C)C(C)(C)OC(=O)Cc1cccc2ccccc12. The summed E-state index contributed by atoms with van der Waals surface area (Å²) in [5.74, 6) is 0.124. The lowest BCUT2D eigenvalue weighted by Gasteiger charge is -2.29. The molecule has 0 aliphatic carbocycles. The van der Waals surface area contributed by atoms with Crippen molar-refractivity contribution in [1.29, 1.82) is 0 Å². The van der Waals surface area contributed by atoms with Crippen molar-refractivity contribution in [3.63, 3.8) is 0 Å². The van der Waals surface area contributed by atoms with E-state index in [1.54, 1.807) is 0 Å². The molecule has 0 aliphatic rings. The van der Waals surface area contributed by atoms with Gasteiger partial charge in [-0.05, 0) is 36.1 Å². The maximum Gasteiger partial charge on any atom is 0.310 e. The van der Waals surface area contributed by atoms with Gasteiger partial charge in [0.1, 0.15) is 5.60 Å². The van der Waals surface area contributed by atoms with Gasteiger partial charge in [-0.1, -0.05) is 56.3 Å². The fraction of sp³-hybridized carbons (Fsp3) is 0.389. The Labute approximate surface area is 120 Å². The minimum absolute atomic E-state index is 0.167. The van der Waals surface area contributed by atoms with E-state index in [1.165, 1.54) is 0 Å². The fourth-order valence-corrected chi connectivity index (χ4v) is 2.05. The monoisotopic (exact) mass is 270 g/mol. The Bertz CT molecular complexity index is 606. The first-order chi connectivity index (χ1) is 9.40. The van der Waals surface area contributed by atoms with E-state index in [1.807, 2.05) is 44.2 Å². The standard InChI is InChI=1S/C18H22O2/c1-13(2)18(3,4)20-17(19)12-15-10-7-9-14-8-5-6-11-16(14)15/h5-11,13H,12H2,1-4H3. The highest BCUT2D eigenvalue weighted by Crippen LogP contribution is 2.23. The van der Waals surface area contributed by atoms with E-state index in [0.717, 1.165) is 16.3 Å². The third kappa shape index (κ3) is 3.19. The summed E-state index contributed by atoms with van der Waals surface area (Å²) < 4.78 is 5.61. The molecule has 20 heavy (non-hydrogen) atoms. The molecule has 0 N–H and O–H groups in total. The third-order valence-corrected chi connectivity index (χ3v) is 3.98. The molecule has 106 valence electrons. The second-order valence-electron chi connectivity index (χ2n) is 6.05. The van der Waals surface area contributed by atoms with Crippen molar-refractivity contribution in [2.24, 2.45) is 5.92 Å². The van der Waals surface area contributed by atoms with Crippen molar-refractivity contribution in [2.75, 3.05) is 0 Å². The van der Waals surface area contributed by atoms with Crippen LogP contribution in [0.1, 0.15) is 33.3 Å². The van der Waals surface area contributed by atoms with Crippen LogP contribution >= 0.6 is 0 Å². The molecule has 0 fully saturated rings. The molecule has 0 saturated carbocycles. The van der Waals surface area contributed by atoms with Crippen LogP contribution in [0, 0.1) is 5.92 Å². The maximum absolute atomic E-state index is 12.2. The number of carbonyl (C=O) groups is 1. The zero-order valence-electron chi connectivity index (χ0n) is 12.6. The van der Waals surface area contributed by atoms with Gasteiger partial charge in [0.25, 0.3) is 0 Å². The van der Waals surface area contributed by atoms with Gasteiger partial charge < -0.3 is 4.74 Å². The van der Waals surface area contributed by atoms with E-state index >= 15 is 0 Å². The van der Waals surface area contributed by atoms with Crippen molar-refractivity contribution in [3.8, 4) is 0 Å². The van der Waals surface area contributed by atoms with Crippen LogP contribution in [0.2, 0.25) is 0 Å². The van der Waals surface area contributed by atoms with Crippen LogP contribution in [-0.4, -0.2) is 11.6 Å². The molecule has 0 bridgehead atoms. The van der Waals surface area contributed by atoms with E-state index in [9.17, 15) is 4.79 Å². The number of ether oxygens (including phenoxy) is 1. The average Bonchev–Trinajstić information content (AvgIpc) is 2.38. The molecule has 0 heterocycles. The van der Waals surface area contributed by atoms with Crippen LogP contribution in [0.3, 0.4) is 0 Å². The van der Waals surface area contributed by atoms with E-state index < -0.39 is 5.60 Å². The highest BCUT2D eigenvalue weighted by Gasteiger charge is 2.26. The second-order valence-corrected chi connectivity index (χ2v) is 6.05. The Kier molecular flexibility index (Phi) is 4.12. The lowest BCUT2D eigenvalue weighted by Crippen LogP contribution is -2.34. The van der Waals surface area contributed by atoms with Crippen molar-refractivity contribution in [3.05, 3.63) is 48.0 Å². The first kappa shape index (κ1) is 14.6. The number of esters is 1. The van der Waals surface area contributed by atoms with Gasteiger partial charge in [0.15, 0.2) is 0 Å². The Morgan fingerprint density at radius 2 is 1.75 bits per heavy atom. The quantitative estimate of drug-likeness (QED) is 0.772. The highest BCUT2D eigenvalue weighted by atomic mass is 16.6. The molecular formula is C18H22O2. The zero-order chi connectivity index (χ0) is 14.8. The smallest absolute Gasteiger partial charge is 0.310 e. The summed E-state index contributed by atoms with van der Waals surface area (Å²) in [4.78, 5) is 12.2. The number of carbonyl (C=O) groups excluding carboxylic acids is 1. The molecule has 0 saturated heterocycles. The largest absolute Gasteiger partial charge is 0.459 e. The fourth-order valence-electron chi connectivity index (χ4n) is 2.05. The molecule has 2 heteroatoms. The molecular weight excluding hydrogens is 248 g/mol. The summed E-state index contributed by atoms with van der Waals surface area (Å²) in [6.07, 6.45) is 0.317. The van der Waals surface area contributed by atoms with E-state index in [2.05, 4.69) is 26.0 Å². The lowest BCUT2D eigenvalue weighted by molar-refractivity contribution is -0.159. The molecule has 0 radical (unpaired) electrons. The topological polar surface area (TPSA) is 26.3 Å². The summed E-state index contributed by atoms with van der Waals surface area (Å²) in [7, 11) is 0. The second kappa shape index (κ2) is 5.66. The van der Waals surface area contributed by atoms with Crippen LogP contribution in [0.25, 0.3) is 10.8 Å². The minimum atomic E-state index is -0.429. The Morgan fingerprint density at radius 3 is 2.45 bits per heavy atom. The molecule has 2 aromatic rings. The van der Waals surface area contributed by atoms with Crippen molar-refractivity contribution in [1.82, 2.24) is 0 Å². The first-order valence-corrected chi connectivity index (χ1v) is 7.08. The summed E-state index contributed by atoms with van der Waals surface area (Å²) in [5, 5.41) is 2.27. The Hall–Kier alpha value is -1.83. The first-order valence-electron chi connectivity index (χ1n) is 7.08. The molecule has 2 aromatic carbocycles. The summed E-state index contributed by atoms with van der Waals surface area (Å²) >= 11 is 0. The number of fused-ring (bicyclic) bond motifs is 1. The van der Waals surface area contributed by atoms with Crippen LogP contribution in [-0.2, 0) is 16.0 Å². The molecule has 0 aromatic heterocycles. The van der Waals surface area contributed by atoms with Crippen LogP contribution in [0.5, 0.6) is 0 Å². The minimum Gasteiger partial charge on any atom is -0.459 e. The third-order valence-electron chi connectivity index (χ3n) is 3.98. The van der Waals surface area contributed by atoms with E-state index in [-0.39, 0.29) is 5.97 Å². The van der Waals surface area contributed by atoms with Crippen molar-refractivity contribution in [2.45, 2.75) is 39.7 Å². The summed E-state index contributed by atoms with van der Waals surface area (Å²) in [6.45, 7) is 8.04. The van der Waals surface area contributed by atoms with Gasteiger partial charge in [-0.25, -0.2) is 0 Å². The zero-order valence-corrected chi connectivity index (χ0v) is 12.6. The molecule has 0 aliphatic heterocycles. The predicted octanol–water partition coefficient (Wildman–Crippen LogP) is 4.36. The van der Waals surface area contributed by atoms with Crippen molar-refractivity contribution < 1.29 is 9.53 Å². The molecule has 2 nitrogen and oxygen atoms in total. The predicted molar refractivity (Wildman–Crippen MR) is 82.7 cm³/mol. The van der Waals surface area contributed by atoms with Crippen LogP contribution in [0.15, 0.2) is 42.5 Å². The Balaban J connectivity index is 2.19. The van der Waals surface area contributed by atoms with Crippen LogP contribution < -0.4 is 0 Å². The number of hydrogen-bond acceptors (Lipinski definition) is 2. The number of benzene rings is 2. The summed E-state index contributed by atoms with van der Waals surface area (Å²) in [6, 6.07) is 14.1. The van der Waals surface area contributed by atoms with Gasteiger partial charge in [0, 0.05) is 0 Å². The average molecular weight is 270 g/mol. The number of rotatable bonds is 4. The van der Waals surface area contributed by atoms with Gasteiger partial charge in [-0.2, -0.15) is 0 Å². The normalized spacial score (nSPS) is 11.8. The molecule has 0 atom stereocenters. The van der Waals surface area contributed by atoms with Gasteiger partial charge in [-0.15, -0.1) is 0 Å². The number of hydrogen-bond donors (Lipinski definition) is 0. The van der Waals surface area contributed by atoms with Crippen molar-refractivity contribution >= 4 is 16.7 Å². The van der Waals surface area contributed by atoms with E-state index in [0.29, 0.717) is 12.3 Å². The molecule has 0 amide bonds. The van der Waals surface area contributed by atoms with Gasteiger partial charge in [-0.3, -0.25) is 4.79 Å². The maximum atomic E-state index is 12.2. The van der Waals surface area contributed by atoms with E-state index in [4.69, 9.17) is 4.74 Å². The van der Waals surface area contributed by atoms with Crippen LogP contribution in [0.4, 0.5) is 0 Å². The lowest BCUT2D eigenvalue weighted by atomic mass is 9.94. The Morgan fingerprint density at radius 1 is 1.10 bits per heavy atom. The molecule has 0 unspecified atom stereocenters. The van der Waals surface area contributed by atoms with Gasteiger partial charge in [0.2, 0.25) is 0 Å². The highest BCUT2D eigenvalue weighted by molar-refractivity contribution is 5.89. The molecule has 0 spiro atoms. The van der Waals surface area contributed by atoms with Gasteiger partial charge in [0.05, 0.1) is 6.42 Å². The summed E-state index contributed by atoms with van der Waals surface area (Å²) in [5.41, 5.74) is 0.592.